The summed E-state index contributed by atoms with van der Waals surface area (Å²) in [5, 5.41) is 0. The van der Waals surface area contributed by atoms with Gasteiger partial charge in [-0.1, -0.05) is 12.1 Å². The van der Waals surface area contributed by atoms with E-state index < -0.39 is 0 Å². The first-order valence-electron chi connectivity index (χ1n) is 8.93. The molecule has 0 atom stereocenters. The number of aryl methyl sites for hydroxylation is 1. The number of likely N-dealkylation sites (tertiary alicyclic amines) is 1. The van der Waals surface area contributed by atoms with Gasteiger partial charge in [0.2, 0.25) is 5.91 Å². The Balaban J connectivity index is 1.50. The van der Waals surface area contributed by atoms with Gasteiger partial charge < -0.3 is 23.8 Å². The van der Waals surface area contributed by atoms with Gasteiger partial charge in [0, 0.05) is 25.4 Å². The molecule has 0 N–H and O–H groups in total. The van der Waals surface area contributed by atoms with Crippen molar-refractivity contribution in [2.24, 2.45) is 5.92 Å². The Morgan fingerprint density at radius 3 is 2.52 bits per heavy atom. The molecule has 0 unspecified atom stereocenters. The Labute approximate surface area is 149 Å². The molecule has 2 aliphatic rings. The molecule has 1 aromatic rings. The predicted octanol–water partition coefficient (Wildman–Crippen LogP) is 2.25. The third-order valence-corrected chi connectivity index (χ3v) is 5.02. The first kappa shape index (κ1) is 18.0. The quantitative estimate of drug-likeness (QED) is 0.788. The van der Waals surface area contributed by atoms with Crippen LogP contribution in [0.15, 0.2) is 18.2 Å². The van der Waals surface area contributed by atoms with Gasteiger partial charge in [0.1, 0.15) is 0 Å². The van der Waals surface area contributed by atoms with Gasteiger partial charge >= 0.3 is 0 Å². The molecular weight excluding hydrogens is 322 g/mol. The Hall–Kier alpha value is -1.79. The van der Waals surface area contributed by atoms with E-state index in [4.69, 9.17) is 18.9 Å². The lowest BCUT2D eigenvalue weighted by atomic mass is 9.95. The minimum absolute atomic E-state index is 0.0710. The smallest absolute Gasteiger partial charge is 0.222 e. The normalized spacial score (nSPS) is 19.2. The first-order valence-corrected chi connectivity index (χ1v) is 8.93. The molecule has 1 amide bonds. The minimum Gasteiger partial charge on any atom is -0.493 e. The summed E-state index contributed by atoms with van der Waals surface area (Å²) in [5.41, 5.74) is 0.998. The van der Waals surface area contributed by atoms with Crippen LogP contribution in [0.3, 0.4) is 0 Å². The van der Waals surface area contributed by atoms with Crippen LogP contribution in [0, 0.1) is 5.92 Å². The molecule has 0 radical (unpaired) electrons. The Kier molecular flexibility index (Phi) is 6.15. The van der Waals surface area contributed by atoms with Crippen LogP contribution in [0.4, 0.5) is 0 Å². The number of para-hydroxylation sites is 1. The van der Waals surface area contributed by atoms with Gasteiger partial charge in [-0.05, 0) is 30.9 Å². The van der Waals surface area contributed by atoms with Crippen LogP contribution in [-0.2, 0) is 20.7 Å². The van der Waals surface area contributed by atoms with E-state index in [0.29, 0.717) is 43.5 Å². The molecule has 6 nitrogen and oxygen atoms in total. The van der Waals surface area contributed by atoms with E-state index in [1.165, 1.54) is 0 Å². The average molecular weight is 349 g/mol. The van der Waals surface area contributed by atoms with E-state index in [2.05, 4.69) is 0 Å². The Morgan fingerprint density at radius 1 is 1.16 bits per heavy atom. The number of ether oxygens (including phenoxy) is 4. The highest BCUT2D eigenvalue weighted by atomic mass is 16.7. The number of hydrogen-bond acceptors (Lipinski definition) is 5. The van der Waals surface area contributed by atoms with Gasteiger partial charge in [0.15, 0.2) is 17.8 Å². The van der Waals surface area contributed by atoms with Gasteiger partial charge in [-0.2, -0.15) is 0 Å². The number of benzene rings is 1. The fourth-order valence-corrected chi connectivity index (χ4v) is 3.62. The standard InChI is InChI=1S/C19H27NO5/c1-22-16-5-3-4-14(18(16)23-2)6-7-17(21)20-10-8-15(9-11-20)19-24-12-13-25-19/h3-5,15,19H,6-13H2,1-2H3. The molecule has 0 saturated carbocycles. The molecule has 2 saturated heterocycles. The van der Waals surface area contributed by atoms with Crippen molar-refractivity contribution in [1.29, 1.82) is 0 Å². The van der Waals surface area contributed by atoms with Gasteiger partial charge in [0.05, 0.1) is 27.4 Å². The molecule has 0 spiro atoms. The number of amides is 1. The van der Waals surface area contributed by atoms with Gasteiger partial charge in [-0.3, -0.25) is 4.79 Å². The monoisotopic (exact) mass is 349 g/mol. The highest BCUT2D eigenvalue weighted by Crippen LogP contribution is 2.32. The van der Waals surface area contributed by atoms with Gasteiger partial charge in [-0.15, -0.1) is 0 Å². The summed E-state index contributed by atoms with van der Waals surface area (Å²) in [7, 11) is 3.25. The number of rotatable bonds is 6. The van der Waals surface area contributed by atoms with Crippen molar-refractivity contribution in [3.05, 3.63) is 23.8 Å². The maximum atomic E-state index is 12.5. The molecule has 1 aromatic carbocycles. The molecular formula is C19H27NO5. The molecule has 3 rings (SSSR count). The van der Waals surface area contributed by atoms with E-state index in [1.54, 1.807) is 14.2 Å². The summed E-state index contributed by atoms with van der Waals surface area (Å²) in [6, 6.07) is 5.77. The molecule has 2 fully saturated rings. The van der Waals surface area contributed by atoms with Crippen LogP contribution in [0.25, 0.3) is 0 Å². The fourth-order valence-electron chi connectivity index (χ4n) is 3.62. The van der Waals surface area contributed by atoms with Crippen molar-refractivity contribution in [1.82, 2.24) is 4.90 Å². The molecule has 2 aliphatic heterocycles. The van der Waals surface area contributed by atoms with Crippen molar-refractivity contribution in [2.45, 2.75) is 32.0 Å². The lowest BCUT2D eigenvalue weighted by Gasteiger charge is -2.34. The predicted molar refractivity (Wildman–Crippen MR) is 92.9 cm³/mol. The summed E-state index contributed by atoms with van der Waals surface area (Å²) in [6.45, 7) is 2.93. The Bertz CT molecular complexity index is 577. The van der Waals surface area contributed by atoms with Crippen molar-refractivity contribution in [3.63, 3.8) is 0 Å². The summed E-state index contributed by atoms with van der Waals surface area (Å²) < 4.78 is 21.9. The zero-order valence-electron chi connectivity index (χ0n) is 15.0. The fraction of sp³-hybridized carbons (Fsp3) is 0.632. The van der Waals surface area contributed by atoms with Gasteiger partial charge in [-0.25, -0.2) is 0 Å². The SMILES string of the molecule is COc1cccc(CCC(=O)N2CCC(C3OCCO3)CC2)c1OC. The van der Waals surface area contributed by atoms with Crippen LogP contribution < -0.4 is 9.47 Å². The number of hydrogen-bond donors (Lipinski definition) is 0. The van der Waals surface area contributed by atoms with Crippen LogP contribution in [0.2, 0.25) is 0 Å². The van der Waals surface area contributed by atoms with E-state index in [9.17, 15) is 4.79 Å². The molecule has 138 valence electrons. The maximum Gasteiger partial charge on any atom is 0.222 e. The molecule has 25 heavy (non-hydrogen) atoms. The van der Waals surface area contributed by atoms with E-state index in [1.807, 2.05) is 23.1 Å². The number of piperidine rings is 1. The first-order chi connectivity index (χ1) is 12.2. The number of carbonyl (C=O) groups excluding carboxylic acids is 1. The highest BCUT2D eigenvalue weighted by molar-refractivity contribution is 5.76. The summed E-state index contributed by atoms with van der Waals surface area (Å²) in [5.74, 6) is 2.01. The summed E-state index contributed by atoms with van der Waals surface area (Å²) >= 11 is 0. The van der Waals surface area contributed by atoms with Crippen molar-refractivity contribution >= 4 is 5.91 Å². The molecule has 2 heterocycles. The van der Waals surface area contributed by atoms with Crippen molar-refractivity contribution in [3.8, 4) is 11.5 Å². The van der Waals surface area contributed by atoms with E-state index in [-0.39, 0.29) is 12.2 Å². The van der Waals surface area contributed by atoms with Crippen molar-refractivity contribution in [2.75, 3.05) is 40.5 Å². The Morgan fingerprint density at radius 2 is 1.88 bits per heavy atom. The third-order valence-electron chi connectivity index (χ3n) is 5.02. The molecule has 0 aromatic heterocycles. The van der Waals surface area contributed by atoms with Gasteiger partial charge in [0.25, 0.3) is 0 Å². The molecule has 0 bridgehead atoms. The van der Waals surface area contributed by atoms with E-state index >= 15 is 0 Å². The highest BCUT2D eigenvalue weighted by Gasteiger charge is 2.31. The van der Waals surface area contributed by atoms with Crippen LogP contribution in [0.1, 0.15) is 24.8 Å². The lowest BCUT2D eigenvalue weighted by molar-refractivity contribution is -0.136. The lowest BCUT2D eigenvalue weighted by Crippen LogP contribution is -2.41. The third kappa shape index (κ3) is 4.25. The second kappa shape index (κ2) is 8.54. The minimum atomic E-state index is -0.0710. The second-order valence-electron chi connectivity index (χ2n) is 6.48. The largest absolute Gasteiger partial charge is 0.493 e. The maximum absolute atomic E-state index is 12.5. The second-order valence-corrected chi connectivity index (χ2v) is 6.48. The van der Waals surface area contributed by atoms with Crippen LogP contribution in [0.5, 0.6) is 11.5 Å². The topological polar surface area (TPSA) is 57.2 Å². The summed E-state index contributed by atoms with van der Waals surface area (Å²) in [4.78, 5) is 14.5. The zero-order valence-corrected chi connectivity index (χ0v) is 15.0. The number of nitrogens with zero attached hydrogens (tertiary/aromatic N) is 1. The zero-order chi connectivity index (χ0) is 17.6. The van der Waals surface area contributed by atoms with Crippen LogP contribution >= 0.6 is 0 Å². The molecule has 0 aliphatic carbocycles. The number of methoxy groups -OCH3 is 2. The average Bonchev–Trinajstić information content (AvgIpc) is 3.20. The van der Waals surface area contributed by atoms with Crippen LogP contribution in [-0.4, -0.2) is 57.6 Å². The number of carbonyl (C=O) groups is 1. The van der Waals surface area contributed by atoms with E-state index in [0.717, 1.165) is 31.5 Å². The summed E-state index contributed by atoms with van der Waals surface area (Å²) in [6.07, 6.45) is 2.94. The van der Waals surface area contributed by atoms with Crippen molar-refractivity contribution < 1.29 is 23.7 Å². The molecule has 6 heteroatoms.